The molecule has 0 radical (unpaired) electrons. The minimum atomic E-state index is -4.28. The summed E-state index contributed by atoms with van der Waals surface area (Å²) >= 11 is 0. The zero-order valence-electron chi connectivity index (χ0n) is 10.6. The fourth-order valence-electron chi connectivity index (χ4n) is 2.42. The lowest BCUT2D eigenvalue weighted by Crippen LogP contribution is -2.35. The molecule has 2 rings (SSSR count). The van der Waals surface area contributed by atoms with E-state index in [2.05, 4.69) is 5.32 Å². The van der Waals surface area contributed by atoms with E-state index in [0.717, 1.165) is 43.4 Å². The van der Waals surface area contributed by atoms with Gasteiger partial charge in [-0.2, -0.15) is 13.2 Å². The standard InChI is InChI=1S/C14H18F3NO/c15-14(16,17)11-6-4-10(5-7-11)9-18-12-2-1-3-13(19)8-12/h4-7,12-13,18-19H,1-3,8-9H2. The summed E-state index contributed by atoms with van der Waals surface area (Å²) < 4.78 is 37.2. The summed E-state index contributed by atoms with van der Waals surface area (Å²) in [6.45, 7) is 0.537. The van der Waals surface area contributed by atoms with Crippen LogP contribution in [0, 0.1) is 0 Å². The van der Waals surface area contributed by atoms with Gasteiger partial charge in [0.15, 0.2) is 0 Å². The van der Waals surface area contributed by atoms with Crippen molar-refractivity contribution in [2.75, 3.05) is 0 Å². The van der Waals surface area contributed by atoms with Gasteiger partial charge < -0.3 is 10.4 Å². The molecule has 0 bridgehead atoms. The Bertz CT molecular complexity index is 402. The van der Waals surface area contributed by atoms with Crippen LogP contribution in [0.25, 0.3) is 0 Å². The summed E-state index contributed by atoms with van der Waals surface area (Å²) in [5.74, 6) is 0. The summed E-state index contributed by atoms with van der Waals surface area (Å²) in [4.78, 5) is 0. The minimum Gasteiger partial charge on any atom is -0.393 e. The van der Waals surface area contributed by atoms with Gasteiger partial charge in [-0.25, -0.2) is 0 Å². The average Bonchev–Trinajstić information content (AvgIpc) is 2.36. The number of halogens is 3. The van der Waals surface area contributed by atoms with Gasteiger partial charge in [0.25, 0.3) is 0 Å². The molecule has 0 heterocycles. The van der Waals surface area contributed by atoms with E-state index in [1.165, 1.54) is 12.1 Å². The number of aliphatic hydroxyl groups excluding tert-OH is 1. The van der Waals surface area contributed by atoms with Crippen LogP contribution in [0.4, 0.5) is 13.2 Å². The summed E-state index contributed by atoms with van der Waals surface area (Å²) in [7, 11) is 0. The quantitative estimate of drug-likeness (QED) is 0.887. The second kappa shape index (κ2) is 5.92. The second-order valence-corrected chi connectivity index (χ2v) is 5.09. The Morgan fingerprint density at radius 1 is 1.16 bits per heavy atom. The third-order valence-corrected chi connectivity index (χ3v) is 3.52. The molecule has 1 aliphatic rings. The normalized spacial score (nSPS) is 24.4. The number of aliphatic hydroxyl groups is 1. The summed E-state index contributed by atoms with van der Waals surface area (Å²) in [5.41, 5.74) is 0.206. The molecule has 1 saturated carbocycles. The lowest BCUT2D eigenvalue weighted by molar-refractivity contribution is -0.137. The van der Waals surface area contributed by atoms with Crippen molar-refractivity contribution in [1.29, 1.82) is 0 Å². The lowest BCUT2D eigenvalue weighted by Gasteiger charge is -2.26. The van der Waals surface area contributed by atoms with E-state index in [1.807, 2.05) is 0 Å². The van der Waals surface area contributed by atoms with Crippen molar-refractivity contribution in [3.05, 3.63) is 35.4 Å². The Morgan fingerprint density at radius 2 is 1.84 bits per heavy atom. The van der Waals surface area contributed by atoms with E-state index in [9.17, 15) is 18.3 Å². The topological polar surface area (TPSA) is 32.3 Å². The molecule has 2 nitrogen and oxygen atoms in total. The van der Waals surface area contributed by atoms with E-state index in [0.29, 0.717) is 6.54 Å². The third-order valence-electron chi connectivity index (χ3n) is 3.52. The number of rotatable bonds is 3. The number of hydrogen-bond acceptors (Lipinski definition) is 2. The predicted molar refractivity (Wildman–Crippen MR) is 66.5 cm³/mol. The van der Waals surface area contributed by atoms with E-state index in [1.54, 1.807) is 0 Å². The monoisotopic (exact) mass is 273 g/mol. The van der Waals surface area contributed by atoms with E-state index >= 15 is 0 Å². The maximum atomic E-state index is 12.4. The first kappa shape index (κ1) is 14.3. The number of hydrogen-bond donors (Lipinski definition) is 2. The highest BCUT2D eigenvalue weighted by Gasteiger charge is 2.29. The van der Waals surface area contributed by atoms with E-state index in [4.69, 9.17) is 0 Å². The summed E-state index contributed by atoms with van der Waals surface area (Å²) in [5, 5.41) is 12.8. The van der Waals surface area contributed by atoms with Crippen molar-refractivity contribution in [2.24, 2.45) is 0 Å². The van der Waals surface area contributed by atoms with Crippen molar-refractivity contribution in [1.82, 2.24) is 5.32 Å². The summed E-state index contributed by atoms with van der Waals surface area (Å²) in [6.07, 6.45) is -0.957. The molecular weight excluding hydrogens is 255 g/mol. The second-order valence-electron chi connectivity index (χ2n) is 5.09. The maximum absolute atomic E-state index is 12.4. The Hall–Kier alpha value is -1.07. The van der Waals surface area contributed by atoms with Crippen molar-refractivity contribution < 1.29 is 18.3 Å². The lowest BCUT2D eigenvalue weighted by atomic mass is 9.93. The zero-order valence-corrected chi connectivity index (χ0v) is 10.6. The third kappa shape index (κ3) is 4.21. The number of nitrogens with one attached hydrogen (secondary N) is 1. The van der Waals surface area contributed by atoms with Crippen LogP contribution >= 0.6 is 0 Å². The molecule has 0 saturated heterocycles. The van der Waals surface area contributed by atoms with Crippen molar-refractivity contribution in [3.8, 4) is 0 Å². The highest BCUT2D eigenvalue weighted by atomic mass is 19.4. The fourth-order valence-corrected chi connectivity index (χ4v) is 2.42. The molecular formula is C14H18F3NO. The molecule has 2 unspecified atom stereocenters. The molecule has 1 aromatic rings. The summed E-state index contributed by atoms with van der Waals surface area (Å²) in [6, 6.07) is 5.45. The van der Waals surface area contributed by atoms with Crippen molar-refractivity contribution >= 4 is 0 Å². The highest BCUT2D eigenvalue weighted by Crippen LogP contribution is 2.29. The first-order valence-corrected chi connectivity index (χ1v) is 6.53. The van der Waals surface area contributed by atoms with Gasteiger partial charge in [-0.05, 0) is 43.4 Å². The van der Waals surface area contributed by atoms with Crippen molar-refractivity contribution in [2.45, 2.75) is 50.6 Å². The Balaban J connectivity index is 1.86. The Kier molecular flexibility index (Phi) is 4.47. The Morgan fingerprint density at radius 3 is 2.42 bits per heavy atom. The number of alkyl halides is 3. The van der Waals surface area contributed by atoms with Crippen LogP contribution in [0.5, 0.6) is 0 Å². The largest absolute Gasteiger partial charge is 0.416 e. The molecule has 2 atom stereocenters. The van der Waals surface area contributed by atoms with Crippen LogP contribution < -0.4 is 5.32 Å². The first-order chi connectivity index (χ1) is 8.95. The molecule has 0 spiro atoms. The molecule has 0 aliphatic heterocycles. The van der Waals surface area contributed by atoms with Gasteiger partial charge in [-0.3, -0.25) is 0 Å². The molecule has 19 heavy (non-hydrogen) atoms. The van der Waals surface area contributed by atoms with E-state index < -0.39 is 11.7 Å². The molecule has 0 amide bonds. The molecule has 106 valence electrons. The fraction of sp³-hybridized carbons (Fsp3) is 0.571. The molecule has 1 aliphatic carbocycles. The first-order valence-electron chi connectivity index (χ1n) is 6.53. The Labute approximate surface area is 110 Å². The van der Waals surface area contributed by atoms with Crippen molar-refractivity contribution in [3.63, 3.8) is 0 Å². The predicted octanol–water partition coefficient (Wildman–Crippen LogP) is 3.10. The van der Waals surface area contributed by atoms with Crippen LogP contribution in [-0.4, -0.2) is 17.3 Å². The van der Waals surface area contributed by atoms with Gasteiger partial charge in [0.2, 0.25) is 0 Å². The molecule has 1 aromatic carbocycles. The van der Waals surface area contributed by atoms with Crippen LogP contribution in [0.3, 0.4) is 0 Å². The molecule has 5 heteroatoms. The minimum absolute atomic E-state index is 0.251. The van der Waals surface area contributed by atoms with Gasteiger partial charge in [0.05, 0.1) is 11.7 Å². The SMILES string of the molecule is OC1CCCC(NCc2ccc(C(F)(F)F)cc2)C1. The molecule has 0 aromatic heterocycles. The van der Waals surface area contributed by atoms with Crippen LogP contribution in [0.1, 0.15) is 36.8 Å². The van der Waals surface area contributed by atoms with Crippen LogP contribution in [0.2, 0.25) is 0 Å². The number of benzene rings is 1. The van der Waals surface area contributed by atoms with Gasteiger partial charge in [-0.1, -0.05) is 12.1 Å². The molecule has 1 fully saturated rings. The maximum Gasteiger partial charge on any atom is 0.416 e. The molecule has 2 N–H and O–H groups in total. The highest BCUT2D eigenvalue weighted by molar-refractivity contribution is 5.24. The van der Waals surface area contributed by atoms with Gasteiger partial charge in [-0.15, -0.1) is 0 Å². The van der Waals surface area contributed by atoms with Gasteiger partial charge in [0, 0.05) is 12.6 Å². The smallest absolute Gasteiger partial charge is 0.393 e. The average molecular weight is 273 g/mol. The van der Waals surface area contributed by atoms with Crippen LogP contribution in [-0.2, 0) is 12.7 Å². The van der Waals surface area contributed by atoms with Crippen LogP contribution in [0.15, 0.2) is 24.3 Å². The van der Waals surface area contributed by atoms with E-state index in [-0.39, 0.29) is 12.1 Å². The van der Waals surface area contributed by atoms with Gasteiger partial charge >= 0.3 is 6.18 Å². The zero-order chi connectivity index (χ0) is 13.9. The van der Waals surface area contributed by atoms with Gasteiger partial charge in [0.1, 0.15) is 0 Å².